The second kappa shape index (κ2) is 14.2. The van der Waals surface area contributed by atoms with Crippen LogP contribution in [0.4, 0.5) is 17.1 Å². The largest absolute Gasteiger partial charge is 0.497 e. The van der Waals surface area contributed by atoms with Crippen molar-refractivity contribution in [2.75, 3.05) is 49.6 Å². The second-order valence-electron chi connectivity index (χ2n) is 11.0. The van der Waals surface area contributed by atoms with Crippen molar-refractivity contribution in [1.29, 1.82) is 0 Å². The van der Waals surface area contributed by atoms with E-state index in [-0.39, 0.29) is 22.9 Å². The Morgan fingerprint density at radius 2 is 1.67 bits per heavy atom. The Balaban J connectivity index is 1.42. The van der Waals surface area contributed by atoms with Gasteiger partial charge in [-0.15, -0.1) is 0 Å². The molecule has 1 fully saturated rings. The molecular formula is C36H34N4O8S. The number of carbonyl (C=O) groups excluding carboxylic acids is 1. The van der Waals surface area contributed by atoms with Crippen molar-refractivity contribution in [2.24, 2.45) is 4.99 Å². The van der Waals surface area contributed by atoms with Crippen molar-refractivity contribution in [3.8, 4) is 17.3 Å². The van der Waals surface area contributed by atoms with Gasteiger partial charge in [0, 0.05) is 35.8 Å². The van der Waals surface area contributed by atoms with Crippen molar-refractivity contribution in [3.63, 3.8) is 0 Å². The molecule has 1 aromatic heterocycles. The van der Waals surface area contributed by atoms with Crippen LogP contribution in [0.3, 0.4) is 0 Å². The number of aliphatic imine (C=N–C) groups is 1. The van der Waals surface area contributed by atoms with Crippen LogP contribution in [-0.2, 0) is 19.5 Å². The SMILES string of the molecule is CCOC(=O)c1ccc(-n2c(O)c(C=Nc3ccc(N4CCOCC4)c(S(=O)(=O)Nc4ccc(OC)cc4)c3)c3ccccc3c2=O)cc1. The number of nitrogens with one attached hydrogen (secondary N) is 1. The van der Waals surface area contributed by atoms with Gasteiger partial charge in [0.25, 0.3) is 15.6 Å². The van der Waals surface area contributed by atoms with Crippen molar-refractivity contribution < 1.29 is 32.5 Å². The van der Waals surface area contributed by atoms with E-state index < -0.39 is 21.6 Å². The van der Waals surface area contributed by atoms with Crippen LogP contribution in [0.2, 0.25) is 0 Å². The molecule has 49 heavy (non-hydrogen) atoms. The number of benzene rings is 4. The van der Waals surface area contributed by atoms with Gasteiger partial charge in [-0.1, -0.05) is 18.2 Å². The molecule has 12 nitrogen and oxygen atoms in total. The number of hydrogen-bond acceptors (Lipinski definition) is 10. The number of nitrogens with zero attached hydrogens (tertiary/aromatic N) is 3. The van der Waals surface area contributed by atoms with Crippen LogP contribution in [0.1, 0.15) is 22.8 Å². The Kier molecular flexibility index (Phi) is 9.65. The molecule has 1 saturated heterocycles. The Morgan fingerprint density at radius 1 is 0.980 bits per heavy atom. The highest BCUT2D eigenvalue weighted by atomic mass is 32.2. The summed E-state index contributed by atoms with van der Waals surface area (Å²) >= 11 is 0. The van der Waals surface area contributed by atoms with Gasteiger partial charge in [-0.2, -0.15) is 0 Å². The molecule has 1 aliphatic heterocycles. The minimum atomic E-state index is -4.10. The van der Waals surface area contributed by atoms with Crippen LogP contribution >= 0.6 is 0 Å². The average molecular weight is 683 g/mol. The number of rotatable bonds is 10. The highest BCUT2D eigenvalue weighted by molar-refractivity contribution is 7.92. The fraction of sp³-hybridized carbons (Fsp3) is 0.194. The number of methoxy groups -OCH3 is 1. The number of aromatic hydroxyl groups is 1. The minimum Gasteiger partial charge on any atom is -0.497 e. The standard InChI is InChI=1S/C36H34N4O8S/c1-3-48-36(43)24-8-13-27(14-9-24)40-34(41)30-7-5-4-6-29(30)31(35(40)42)23-37-26-12-17-32(39-18-20-47-21-19-39)33(22-26)49(44,45)38-25-10-15-28(46-2)16-11-25/h4-17,22-23,38,42H,3,18-21H2,1-2H3. The van der Waals surface area contributed by atoms with Gasteiger partial charge in [0.2, 0.25) is 5.88 Å². The average Bonchev–Trinajstić information content (AvgIpc) is 3.12. The Labute approximate surface area is 282 Å². The normalized spacial score (nSPS) is 13.5. The number of pyridine rings is 1. The maximum absolute atomic E-state index is 13.9. The zero-order valence-corrected chi connectivity index (χ0v) is 27.6. The first-order valence-corrected chi connectivity index (χ1v) is 17.0. The number of fused-ring (bicyclic) bond motifs is 1. The van der Waals surface area contributed by atoms with Gasteiger partial charge in [-0.25, -0.2) is 17.8 Å². The lowest BCUT2D eigenvalue weighted by Crippen LogP contribution is -2.37. The summed E-state index contributed by atoms with van der Waals surface area (Å²) in [5.74, 6) is -0.295. The molecular weight excluding hydrogens is 648 g/mol. The molecule has 0 unspecified atom stereocenters. The molecule has 0 bridgehead atoms. The molecule has 4 aromatic carbocycles. The molecule has 0 aliphatic carbocycles. The van der Waals surface area contributed by atoms with E-state index in [0.29, 0.717) is 71.1 Å². The summed E-state index contributed by atoms with van der Waals surface area (Å²) < 4.78 is 47.2. The summed E-state index contributed by atoms with van der Waals surface area (Å²) in [5.41, 5.74) is 1.54. The van der Waals surface area contributed by atoms with E-state index in [1.807, 2.05) is 4.90 Å². The summed E-state index contributed by atoms with van der Waals surface area (Å²) in [7, 11) is -2.57. The van der Waals surface area contributed by atoms with Crippen molar-refractivity contribution in [1.82, 2.24) is 4.57 Å². The molecule has 1 aliphatic rings. The van der Waals surface area contributed by atoms with Crippen LogP contribution in [0.5, 0.6) is 11.6 Å². The second-order valence-corrected chi connectivity index (χ2v) is 12.7. The highest BCUT2D eigenvalue weighted by Crippen LogP contribution is 2.33. The number of esters is 1. The van der Waals surface area contributed by atoms with Gasteiger partial charge in [0.1, 0.15) is 10.6 Å². The van der Waals surface area contributed by atoms with Crippen molar-refractivity contribution in [2.45, 2.75) is 11.8 Å². The maximum Gasteiger partial charge on any atom is 0.338 e. The minimum absolute atomic E-state index is 0.0145. The fourth-order valence-corrected chi connectivity index (χ4v) is 6.87. The third-order valence-corrected chi connectivity index (χ3v) is 9.42. The first-order valence-electron chi connectivity index (χ1n) is 15.5. The first-order chi connectivity index (χ1) is 23.7. The van der Waals surface area contributed by atoms with E-state index in [1.54, 1.807) is 79.7 Å². The molecule has 0 amide bonds. The smallest absolute Gasteiger partial charge is 0.338 e. The number of ether oxygens (including phenoxy) is 3. The lowest BCUT2D eigenvalue weighted by atomic mass is 10.1. The van der Waals surface area contributed by atoms with E-state index in [2.05, 4.69) is 9.71 Å². The zero-order chi connectivity index (χ0) is 34.5. The number of sulfonamides is 1. The third-order valence-electron chi connectivity index (χ3n) is 8.01. The molecule has 2 heterocycles. The predicted octanol–water partition coefficient (Wildman–Crippen LogP) is 5.27. The maximum atomic E-state index is 13.9. The topological polar surface area (TPSA) is 149 Å². The summed E-state index contributed by atoms with van der Waals surface area (Å²) in [6.45, 7) is 3.86. The zero-order valence-electron chi connectivity index (χ0n) is 26.8. The third kappa shape index (κ3) is 6.98. The Morgan fingerprint density at radius 3 is 2.35 bits per heavy atom. The molecule has 0 spiro atoms. The van der Waals surface area contributed by atoms with E-state index >= 15 is 0 Å². The monoisotopic (exact) mass is 682 g/mol. The number of anilines is 2. The molecule has 252 valence electrons. The number of carbonyl (C=O) groups is 1. The van der Waals surface area contributed by atoms with E-state index in [9.17, 15) is 23.1 Å². The predicted molar refractivity (Wildman–Crippen MR) is 188 cm³/mol. The van der Waals surface area contributed by atoms with Crippen LogP contribution in [0.15, 0.2) is 106 Å². The van der Waals surface area contributed by atoms with Crippen LogP contribution < -0.4 is 19.9 Å². The molecule has 5 aromatic rings. The Bertz CT molecular complexity index is 2190. The molecule has 0 saturated carbocycles. The summed E-state index contributed by atoms with van der Waals surface area (Å²) in [5, 5.41) is 12.3. The van der Waals surface area contributed by atoms with Crippen LogP contribution in [0, 0.1) is 0 Å². The van der Waals surface area contributed by atoms with E-state index in [4.69, 9.17) is 14.2 Å². The van der Waals surface area contributed by atoms with Gasteiger partial charge in [-0.05, 0) is 79.7 Å². The first kappa shape index (κ1) is 33.2. The summed E-state index contributed by atoms with van der Waals surface area (Å²) in [4.78, 5) is 32.3. The Hall–Kier alpha value is -5.66. The van der Waals surface area contributed by atoms with Crippen molar-refractivity contribution >= 4 is 50.0 Å². The van der Waals surface area contributed by atoms with Gasteiger partial charge in [-0.3, -0.25) is 14.5 Å². The number of aromatic nitrogens is 1. The molecule has 0 atom stereocenters. The van der Waals surface area contributed by atoms with Gasteiger partial charge >= 0.3 is 5.97 Å². The molecule has 6 rings (SSSR count). The van der Waals surface area contributed by atoms with Gasteiger partial charge in [0.15, 0.2) is 0 Å². The van der Waals surface area contributed by atoms with E-state index in [0.717, 1.165) is 4.57 Å². The van der Waals surface area contributed by atoms with Crippen LogP contribution in [-0.4, -0.2) is 70.3 Å². The highest BCUT2D eigenvalue weighted by Gasteiger charge is 2.25. The van der Waals surface area contributed by atoms with Crippen LogP contribution in [0.25, 0.3) is 16.5 Å². The van der Waals surface area contributed by atoms with Gasteiger partial charge < -0.3 is 24.2 Å². The lowest BCUT2D eigenvalue weighted by molar-refractivity contribution is 0.0526. The molecule has 13 heteroatoms. The summed E-state index contributed by atoms with van der Waals surface area (Å²) in [6, 6.07) is 24.3. The van der Waals surface area contributed by atoms with Crippen molar-refractivity contribution in [3.05, 3.63) is 112 Å². The quantitative estimate of drug-likeness (QED) is 0.148. The fourth-order valence-electron chi connectivity index (χ4n) is 5.56. The molecule has 2 N–H and O–H groups in total. The van der Waals surface area contributed by atoms with Gasteiger partial charge in [0.05, 0.1) is 55.1 Å². The summed E-state index contributed by atoms with van der Waals surface area (Å²) in [6.07, 6.45) is 1.40. The number of hydrogen-bond donors (Lipinski definition) is 2. The lowest BCUT2D eigenvalue weighted by Gasteiger charge is -2.30. The number of morpholine rings is 1. The molecule has 0 radical (unpaired) electrons. The van der Waals surface area contributed by atoms with E-state index in [1.165, 1.54) is 31.5 Å².